The van der Waals surface area contributed by atoms with Crippen molar-refractivity contribution in [2.75, 3.05) is 38.2 Å². The highest BCUT2D eigenvalue weighted by molar-refractivity contribution is 6.05. The second-order valence-corrected chi connectivity index (χ2v) is 12.3. The van der Waals surface area contributed by atoms with Crippen LogP contribution in [0, 0.1) is 0 Å². The SMILES string of the molecule is O=C(Nc1cc(-c2ccc(OC(F)F)cc2C(=O)N2CC(F)(F)C2)cc(OCC(F)F)n1)c1cc(CNC[C@@H]2CCCO2)cn(C2CC2)c1=O. The summed E-state index contributed by atoms with van der Waals surface area (Å²) in [7, 11) is 0. The molecule has 1 saturated carbocycles. The largest absolute Gasteiger partial charge is 0.472 e. The third-order valence-electron chi connectivity index (χ3n) is 8.30. The van der Waals surface area contributed by atoms with Crippen LogP contribution in [-0.4, -0.2) is 84.2 Å². The lowest BCUT2D eigenvalue weighted by molar-refractivity contribution is -0.113. The zero-order valence-corrected chi connectivity index (χ0v) is 26.5. The zero-order valence-electron chi connectivity index (χ0n) is 26.5. The Kier molecular flexibility index (Phi) is 10.3. The van der Waals surface area contributed by atoms with Crippen molar-refractivity contribution in [1.29, 1.82) is 0 Å². The van der Waals surface area contributed by atoms with Gasteiger partial charge in [-0.05, 0) is 72.7 Å². The minimum Gasteiger partial charge on any atom is -0.472 e. The fourth-order valence-electron chi connectivity index (χ4n) is 5.81. The first-order chi connectivity index (χ1) is 23.8. The highest BCUT2D eigenvalue weighted by Crippen LogP contribution is 2.36. The Labute approximate surface area is 281 Å². The van der Waals surface area contributed by atoms with Crippen LogP contribution in [0.5, 0.6) is 11.6 Å². The van der Waals surface area contributed by atoms with Crippen molar-refractivity contribution in [3.63, 3.8) is 0 Å². The molecule has 6 rings (SSSR count). The molecule has 268 valence electrons. The highest BCUT2D eigenvalue weighted by Gasteiger charge is 2.46. The molecular weight excluding hydrogens is 676 g/mol. The molecule has 50 heavy (non-hydrogen) atoms. The number of aromatic nitrogens is 2. The van der Waals surface area contributed by atoms with Crippen LogP contribution in [0.25, 0.3) is 11.1 Å². The van der Waals surface area contributed by atoms with E-state index in [0.29, 0.717) is 25.3 Å². The molecule has 2 saturated heterocycles. The average molecular weight is 710 g/mol. The average Bonchev–Trinajstić information content (AvgIpc) is 3.76. The van der Waals surface area contributed by atoms with Crippen molar-refractivity contribution < 1.29 is 50.1 Å². The van der Waals surface area contributed by atoms with Crippen molar-refractivity contribution in [3.05, 3.63) is 69.6 Å². The summed E-state index contributed by atoms with van der Waals surface area (Å²) in [5, 5.41) is 5.79. The van der Waals surface area contributed by atoms with Gasteiger partial charge < -0.3 is 34.3 Å². The van der Waals surface area contributed by atoms with Crippen LogP contribution >= 0.6 is 0 Å². The van der Waals surface area contributed by atoms with Gasteiger partial charge >= 0.3 is 6.61 Å². The maximum atomic E-state index is 13.6. The van der Waals surface area contributed by atoms with Crippen LogP contribution in [0.4, 0.5) is 32.2 Å². The number of carbonyl (C=O) groups is 2. The first-order valence-electron chi connectivity index (χ1n) is 15.9. The molecule has 3 aliphatic rings. The van der Waals surface area contributed by atoms with Crippen LogP contribution in [0.2, 0.25) is 0 Å². The van der Waals surface area contributed by atoms with Gasteiger partial charge in [-0.25, -0.2) is 17.6 Å². The highest BCUT2D eigenvalue weighted by atomic mass is 19.3. The molecule has 1 aliphatic carbocycles. The van der Waals surface area contributed by atoms with E-state index in [0.717, 1.165) is 48.8 Å². The number of alkyl halides is 6. The van der Waals surface area contributed by atoms with E-state index in [9.17, 15) is 40.7 Å². The van der Waals surface area contributed by atoms with E-state index in [1.807, 2.05) is 0 Å². The van der Waals surface area contributed by atoms with Gasteiger partial charge in [0.05, 0.1) is 24.8 Å². The molecule has 4 heterocycles. The summed E-state index contributed by atoms with van der Waals surface area (Å²) in [5.74, 6) is -6.05. The second kappa shape index (κ2) is 14.7. The van der Waals surface area contributed by atoms with Crippen LogP contribution in [0.3, 0.4) is 0 Å². The molecule has 2 N–H and O–H groups in total. The van der Waals surface area contributed by atoms with E-state index in [-0.39, 0.29) is 40.2 Å². The van der Waals surface area contributed by atoms with Gasteiger partial charge in [0, 0.05) is 38.0 Å². The Morgan fingerprint density at radius 1 is 1.04 bits per heavy atom. The maximum Gasteiger partial charge on any atom is 0.387 e. The summed E-state index contributed by atoms with van der Waals surface area (Å²) in [6.45, 7) is -4.54. The predicted molar refractivity (Wildman–Crippen MR) is 166 cm³/mol. The molecule has 0 bridgehead atoms. The maximum absolute atomic E-state index is 13.6. The summed E-state index contributed by atoms with van der Waals surface area (Å²) in [4.78, 5) is 45.2. The van der Waals surface area contributed by atoms with E-state index in [1.54, 1.807) is 6.20 Å². The number of likely N-dealkylation sites (tertiary alicyclic amines) is 1. The number of amides is 2. The monoisotopic (exact) mass is 709 g/mol. The summed E-state index contributed by atoms with van der Waals surface area (Å²) in [5.41, 5.74) is -0.403. The van der Waals surface area contributed by atoms with Crippen LogP contribution in [-0.2, 0) is 11.3 Å². The molecule has 2 aliphatic heterocycles. The van der Waals surface area contributed by atoms with Crippen LogP contribution < -0.4 is 25.7 Å². The summed E-state index contributed by atoms with van der Waals surface area (Å²) >= 11 is 0. The van der Waals surface area contributed by atoms with Gasteiger partial charge in [-0.2, -0.15) is 13.8 Å². The summed E-state index contributed by atoms with van der Waals surface area (Å²) < 4.78 is 96.1. The van der Waals surface area contributed by atoms with Crippen molar-refractivity contribution in [2.24, 2.45) is 0 Å². The molecule has 2 amide bonds. The third kappa shape index (κ3) is 8.56. The minimum atomic E-state index is -3.26. The molecule has 0 spiro atoms. The molecule has 0 radical (unpaired) electrons. The van der Waals surface area contributed by atoms with Gasteiger partial charge in [0.1, 0.15) is 17.1 Å². The predicted octanol–water partition coefficient (Wildman–Crippen LogP) is 5.10. The van der Waals surface area contributed by atoms with Crippen molar-refractivity contribution >= 4 is 17.6 Å². The van der Waals surface area contributed by atoms with Crippen LogP contribution in [0.15, 0.2) is 47.4 Å². The van der Waals surface area contributed by atoms with E-state index >= 15 is 0 Å². The zero-order chi connectivity index (χ0) is 35.6. The first-order valence-corrected chi connectivity index (χ1v) is 15.9. The lowest BCUT2D eigenvalue weighted by Crippen LogP contribution is -2.58. The third-order valence-corrected chi connectivity index (χ3v) is 8.30. The van der Waals surface area contributed by atoms with Crippen LogP contribution in [0.1, 0.15) is 58.0 Å². The topological polar surface area (TPSA) is 124 Å². The van der Waals surface area contributed by atoms with E-state index in [4.69, 9.17) is 9.47 Å². The number of hydrogen-bond acceptors (Lipinski definition) is 8. The quantitative estimate of drug-likeness (QED) is 0.222. The van der Waals surface area contributed by atoms with Gasteiger partial charge in [-0.15, -0.1) is 0 Å². The Morgan fingerprint density at radius 3 is 2.48 bits per heavy atom. The van der Waals surface area contributed by atoms with Crippen molar-refractivity contribution in [3.8, 4) is 22.8 Å². The normalized spacial score (nSPS) is 18.3. The number of hydrogen-bond donors (Lipinski definition) is 2. The van der Waals surface area contributed by atoms with Gasteiger partial charge in [-0.1, -0.05) is 0 Å². The summed E-state index contributed by atoms with van der Waals surface area (Å²) in [6.07, 6.45) is 2.28. The number of ether oxygens (including phenoxy) is 3. The number of rotatable bonds is 14. The van der Waals surface area contributed by atoms with E-state index in [1.165, 1.54) is 22.8 Å². The molecule has 3 fully saturated rings. The first kappa shape index (κ1) is 35.2. The van der Waals surface area contributed by atoms with Gasteiger partial charge in [0.15, 0.2) is 6.61 Å². The second-order valence-electron chi connectivity index (χ2n) is 12.3. The lowest BCUT2D eigenvalue weighted by atomic mass is 9.97. The number of carbonyl (C=O) groups excluding carboxylic acids is 2. The molecule has 0 unspecified atom stereocenters. The van der Waals surface area contributed by atoms with Crippen molar-refractivity contribution in [1.82, 2.24) is 19.8 Å². The molecule has 3 aromatic rings. The van der Waals surface area contributed by atoms with Gasteiger partial charge in [-0.3, -0.25) is 14.4 Å². The molecule has 17 heteroatoms. The lowest BCUT2D eigenvalue weighted by Gasteiger charge is -2.39. The van der Waals surface area contributed by atoms with Gasteiger partial charge in [0.2, 0.25) is 5.88 Å². The number of nitrogens with one attached hydrogen (secondary N) is 2. The Morgan fingerprint density at radius 2 is 1.82 bits per heavy atom. The number of pyridine rings is 2. The molecule has 1 aromatic carbocycles. The fraction of sp³-hybridized carbons (Fsp3) is 0.455. The fourth-order valence-corrected chi connectivity index (χ4v) is 5.81. The number of anilines is 1. The molecule has 11 nitrogen and oxygen atoms in total. The standard InChI is InChI=1S/C33H33F6N5O6/c34-26(35)15-49-28-10-19(23-6-5-21(50-32(36)37)11-24(23)30(46)43-16-33(38,39)17-43)9-27(41-28)42-29(45)25-8-18(12-40-13-22-2-1-7-48-22)14-44(31(25)47)20-3-4-20/h5-6,8-11,14,20,22,26,32,40H,1-4,7,12-13,15-17H2,(H,41,42,45)/t22-/m0/s1. The number of halogens is 6. The molecule has 2 aromatic heterocycles. The Bertz CT molecular complexity index is 1790. The van der Waals surface area contributed by atoms with E-state index < -0.39 is 67.7 Å². The Hall–Kier alpha value is -4.64. The van der Waals surface area contributed by atoms with Crippen molar-refractivity contribution in [2.45, 2.75) is 63.3 Å². The Balaban J connectivity index is 1.32. The molecular formula is C33H33F6N5O6. The molecule has 1 atom stereocenters. The number of benzene rings is 1. The summed E-state index contributed by atoms with van der Waals surface area (Å²) in [6, 6.07) is 7.01. The minimum absolute atomic E-state index is 0.0120. The van der Waals surface area contributed by atoms with E-state index in [2.05, 4.69) is 20.4 Å². The smallest absolute Gasteiger partial charge is 0.387 e. The number of nitrogens with zero attached hydrogens (tertiary/aromatic N) is 3. The van der Waals surface area contributed by atoms with Gasteiger partial charge in [0.25, 0.3) is 29.7 Å².